The number of nitrogens with two attached hydrogens (primary N) is 2. The molecule has 2 unspecified atom stereocenters. The molecule has 0 aromatic rings. The summed E-state index contributed by atoms with van der Waals surface area (Å²) in [6.07, 6.45) is -1.17. The molecule has 60 valence electrons. The lowest BCUT2D eigenvalue weighted by Crippen LogP contribution is -2.41. The van der Waals surface area contributed by atoms with Crippen LogP contribution in [0.15, 0.2) is 0 Å². The molecule has 0 radical (unpaired) electrons. The lowest BCUT2D eigenvalue weighted by Gasteiger charge is -2.13. The number of carboxylic acids is 1. The summed E-state index contributed by atoms with van der Waals surface area (Å²) in [6.45, 7) is -0.00551. The van der Waals surface area contributed by atoms with Gasteiger partial charge in [0, 0.05) is 12.6 Å². The summed E-state index contributed by atoms with van der Waals surface area (Å²) in [6, 6.07) is -0.762. The summed E-state index contributed by atoms with van der Waals surface area (Å²) in [5.74, 6) is -1.03. The van der Waals surface area contributed by atoms with Gasteiger partial charge in [0.25, 0.3) is 0 Å². The number of hydrogen-bond donors (Lipinski definition) is 4. The second kappa shape index (κ2) is 4.21. The first-order valence-electron chi connectivity index (χ1n) is 2.93. The fourth-order valence-corrected chi connectivity index (χ4v) is 0.512. The van der Waals surface area contributed by atoms with Crippen molar-refractivity contribution in [2.45, 2.75) is 18.6 Å². The van der Waals surface area contributed by atoms with Crippen LogP contribution in [-0.4, -0.2) is 34.9 Å². The van der Waals surface area contributed by atoms with Crippen LogP contribution < -0.4 is 11.5 Å². The Morgan fingerprint density at radius 2 is 2.10 bits per heavy atom. The van der Waals surface area contributed by atoms with Crippen LogP contribution in [0.2, 0.25) is 0 Å². The molecule has 0 aromatic heterocycles. The molecule has 0 aliphatic heterocycles. The molecule has 5 nitrogen and oxygen atoms in total. The van der Waals surface area contributed by atoms with Gasteiger partial charge in [-0.2, -0.15) is 0 Å². The van der Waals surface area contributed by atoms with Gasteiger partial charge in [-0.3, -0.25) is 4.79 Å². The van der Waals surface area contributed by atoms with Crippen LogP contribution in [-0.2, 0) is 4.79 Å². The van der Waals surface area contributed by atoms with Crippen LogP contribution in [0.4, 0.5) is 0 Å². The highest BCUT2D eigenvalue weighted by atomic mass is 16.4. The van der Waals surface area contributed by atoms with Gasteiger partial charge >= 0.3 is 5.97 Å². The van der Waals surface area contributed by atoms with Gasteiger partial charge in [-0.15, -0.1) is 0 Å². The molecule has 0 aromatic carbocycles. The average Bonchev–Trinajstić information content (AvgIpc) is 1.85. The molecule has 0 rings (SSSR count). The van der Waals surface area contributed by atoms with Gasteiger partial charge in [0.2, 0.25) is 0 Å². The van der Waals surface area contributed by atoms with E-state index in [2.05, 4.69) is 0 Å². The Labute approximate surface area is 58.6 Å². The second-order valence-electron chi connectivity index (χ2n) is 2.06. The van der Waals surface area contributed by atoms with Gasteiger partial charge in [0.1, 0.15) is 0 Å². The molecular weight excluding hydrogens is 136 g/mol. The number of carboxylic acid groups (broad SMARTS) is 1. The molecule has 0 saturated heterocycles. The van der Waals surface area contributed by atoms with Crippen molar-refractivity contribution in [1.29, 1.82) is 0 Å². The van der Waals surface area contributed by atoms with Crippen LogP contribution in [0, 0.1) is 0 Å². The molecule has 0 spiro atoms. The Morgan fingerprint density at radius 3 is 2.40 bits per heavy atom. The molecule has 2 atom stereocenters. The zero-order chi connectivity index (χ0) is 8.15. The predicted molar refractivity (Wildman–Crippen MR) is 35.3 cm³/mol. The lowest BCUT2D eigenvalue weighted by molar-refractivity contribution is -0.138. The van der Waals surface area contributed by atoms with E-state index < -0.39 is 18.1 Å². The smallest absolute Gasteiger partial charge is 0.305 e. The normalized spacial score (nSPS) is 16.3. The Balaban J connectivity index is 3.61. The summed E-state index contributed by atoms with van der Waals surface area (Å²) in [7, 11) is 0. The zero-order valence-corrected chi connectivity index (χ0v) is 5.53. The molecule has 0 saturated carbocycles. The molecule has 0 aliphatic rings. The van der Waals surface area contributed by atoms with E-state index in [0.717, 1.165) is 0 Å². The van der Waals surface area contributed by atoms with Crippen LogP contribution in [0.1, 0.15) is 6.42 Å². The second-order valence-corrected chi connectivity index (χ2v) is 2.06. The Bertz CT molecular complexity index is 117. The minimum absolute atomic E-state index is 0.00551. The SMILES string of the molecule is NCC(O)C(N)CC(=O)O. The van der Waals surface area contributed by atoms with Crippen molar-refractivity contribution >= 4 is 5.97 Å². The van der Waals surface area contributed by atoms with E-state index >= 15 is 0 Å². The van der Waals surface area contributed by atoms with Crippen LogP contribution in [0.5, 0.6) is 0 Å². The maximum Gasteiger partial charge on any atom is 0.305 e. The number of carbonyl (C=O) groups is 1. The van der Waals surface area contributed by atoms with Gasteiger partial charge in [-0.1, -0.05) is 0 Å². The maximum absolute atomic E-state index is 10.00. The van der Waals surface area contributed by atoms with Crippen molar-refractivity contribution in [1.82, 2.24) is 0 Å². The van der Waals surface area contributed by atoms with Crippen molar-refractivity contribution in [3.63, 3.8) is 0 Å². The number of hydrogen-bond acceptors (Lipinski definition) is 4. The third kappa shape index (κ3) is 3.39. The first-order valence-corrected chi connectivity index (χ1v) is 2.93. The molecule has 0 aliphatic carbocycles. The highest BCUT2D eigenvalue weighted by Crippen LogP contribution is 1.93. The minimum Gasteiger partial charge on any atom is -0.481 e. The molecular formula is C5H12N2O3. The zero-order valence-electron chi connectivity index (χ0n) is 5.53. The average molecular weight is 148 g/mol. The van der Waals surface area contributed by atoms with Crippen molar-refractivity contribution in [3.05, 3.63) is 0 Å². The third-order valence-electron chi connectivity index (χ3n) is 1.15. The van der Waals surface area contributed by atoms with E-state index in [9.17, 15) is 4.79 Å². The van der Waals surface area contributed by atoms with E-state index in [1.165, 1.54) is 0 Å². The highest BCUT2D eigenvalue weighted by Gasteiger charge is 2.15. The van der Waals surface area contributed by atoms with E-state index in [1.54, 1.807) is 0 Å². The summed E-state index contributed by atoms with van der Waals surface area (Å²) in [5.41, 5.74) is 10.2. The molecule has 10 heavy (non-hydrogen) atoms. The molecule has 0 bridgehead atoms. The van der Waals surface area contributed by atoms with Crippen molar-refractivity contribution in [3.8, 4) is 0 Å². The number of aliphatic hydroxyl groups is 1. The van der Waals surface area contributed by atoms with E-state index in [1.807, 2.05) is 0 Å². The third-order valence-corrected chi connectivity index (χ3v) is 1.15. The number of rotatable bonds is 4. The van der Waals surface area contributed by atoms with Crippen molar-refractivity contribution in [2.75, 3.05) is 6.54 Å². The highest BCUT2D eigenvalue weighted by molar-refractivity contribution is 5.67. The van der Waals surface area contributed by atoms with Gasteiger partial charge in [0.15, 0.2) is 0 Å². The minimum atomic E-state index is -1.03. The van der Waals surface area contributed by atoms with Crippen LogP contribution in [0.3, 0.4) is 0 Å². The fraction of sp³-hybridized carbons (Fsp3) is 0.800. The number of aliphatic hydroxyl groups excluding tert-OH is 1. The van der Waals surface area contributed by atoms with Crippen molar-refractivity contribution in [2.24, 2.45) is 11.5 Å². The monoisotopic (exact) mass is 148 g/mol. The largest absolute Gasteiger partial charge is 0.481 e. The van der Waals surface area contributed by atoms with Crippen molar-refractivity contribution < 1.29 is 15.0 Å². The maximum atomic E-state index is 10.00. The lowest BCUT2D eigenvalue weighted by atomic mass is 10.1. The van der Waals surface area contributed by atoms with Gasteiger partial charge in [-0.05, 0) is 0 Å². The molecule has 5 heteroatoms. The van der Waals surface area contributed by atoms with E-state index in [-0.39, 0.29) is 13.0 Å². The first-order chi connectivity index (χ1) is 4.57. The van der Waals surface area contributed by atoms with E-state index in [4.69, 9.17) is 21.7 Å². The van der Waals surface area contributed by atoms with Gasteiger partial charge in [0.05, 0.1) is 12.5 Å². The first kappa shape index (κ1) is 9.35. The quantitative estimate of drug-likeness (QED) is 0.372. The summed E-state index contributed by atoms with van der Waals surface area (Å²) in [4.78, 5) is 10.00. The Kier molecular flexibility index (Phi) is 3.94. The van der Waals surface area contributed by atoms with E-state index in [0.29, 0.717) is 0 Å². The molecule has 0 heterocycles. The fourth-order valence-electron chi connectivity index (χ4n) is 0.512. The Hall–Kier alpha value is -0.650. The summed E-state index contributed by atoms with van der Waals surface area (Å²) >= 11 is 0. The molecule has 6 N–H and O–H groups in total. The molecule has 0 fully saturated rings. The van der Waals surface area contributed by atoms with Crippen LogP contribution in [0.25, 0.3) is 0 Å². The standard InChI is InChI=1S/C5H12N2O3/c6-2-4(8)3(7)1-5(9)10/h3-4,8H,1-2,6-7H2,(H,9,10). The van der Waals surface area contributed by atoms with Gasteiger partial charge < -0.3 is 21.7 Å². The number of aliphatic carboxylic acids is 1. The summed E-state index contributed by atoms with van der Waals surface area (Å²) < 4.78 is 0. The summed E-state index contributed by atoms with van der Waals surface area (Å²) in [5, 5.41) is 17.1. The van der Waals surface area contributed by atoms with Crippen LogP contribution >= 0.6 is 0 Å². The topological polar surface area (TPSA) is 110 Å². The predicted octanol–water partition coefficient (Wildman–Crippen LogP) is -1.89. The van der Waals surface area contributed by atoms with Gasteiger partial charge in [-0.25, -0.2) is 0 Å². The molecule has 0 amide bonds. The Morgan fingerprint density at radius 1 is 1.60 bits per heavy atom.